The van der Waals surface area contributed by atoms with E-state index in [9.17, 15) is 9.90 Å². The Morgan fingerprint density at radius 1 is 0.806 bits per heavy atom. The van der Waals surface area contributed by atoms with Gasteiger partial charge in [0.25, 0.3) is 0 Å². The second-order valence-electron chi connectivity index (χ2n) is 10.1. The highest BCUT2D eigenvalue weighted by atomic mass is 16.5. The number of carbonyl (C=O) groups is 1. The van der Waals surface area contributed by atoms with Gasteiger partial charge in [0, 0.05) is 0 Å². The molecule has 1 heterocycles. The summed E-state index contributed by atoms with van der Waals surface area (Å²) >= 11 is 0. The van der Waals surface area contributed by atoms with Gasteiger partial charge < -0.3 is 9.84 Å². The Bertz CT molecular complexity index is 662. The molecule has 0 bridgehead atoms. The third-order valence-corrected chi connectivity index (χ3v) is 6.46. The number of aromatic hydroxyl groups is 1. The molecule has 1 aliphatic rings. The fraction of sp³-hybridized carbons (Fsp3) is 0.750. The van der Waals surface area contributed by atoms with Gasteiger partial charge in [-0.15, -0.1) is 0 Å². The van der Waals surface area contributed by atoms with Gasteiger partial charge in [-0.25, -0.2) is 0 Å². The topological polar surface area (TPSA) is 46.5 Å². The van der Waals surface area contributed by atoms with Gasteiger partial charge in [-0.05, 0) is 44.4 Å². The Kier molecular flexibility index (Phi) is 11.5. The molecule has 31 heavy (non-hydrogen) atoms. The number of Topliss-reactive ketones (excluding diaryl/α,β-unsaturated/α-hetero) is 1. The van der Waals surface area contributed by atoms with E-state index in [1.54, 1.807) is 6.07 Å². The van der Waals surface area contributed by atoms with Gasteiger partial charge in [0.05, 0.1) is 6.42 Å². The van der Waals surface area contributed by atoms with Gasteiger partial charge in [-0.1, -0.05) is 96.8 Å². The zero-order valence-electron chi connectivity index (χ0n) is 20.4. The van der Waals surface area contributed by atoms with Crippen molar-refractivity contribution in [1.82, 2.24) is 0 Å². The number of ketones is 1. The highest BCUT2D eigenvalue weighted by molar-refractivity contribution is 6.02. The highest BCUT2D eigenvalue weighted by Gasteiger charge is 2.34. The van der Waals surface area contributed by atoms with Gasteiger partial charge in [0.2, 0.25) is 0 Å². The molecule has 0 aromatic heterocycles. The molecule has 3 nitrogen and oxygen atoms in total. The fourth-order valence-corrected chi connectivity index (χ4v) is 4.67. The van der Waals surface area contributed by atoms with Crippen molar-refractivity contribution in [3.63, 3.8) is 0 Å². The third kappa shape index (κ3) is 9.66. The van der Waals surface area contributed by atoms with Crippen molar-refractivity contribution in [2.24, 2.45) is 0 Å². The smallest absolute Gasteiger partial charge is 0.174 e. The first-order valence-corrected chi connectivity index (χ1v) is 13.0. The Morgan fingerprint density at radius 3 is 1.81 bits per heavy atom. The monoisotopic (exact) mass is 430 g/mol. The van der Waals surface area contributed by atoms with Gasteiger partial charge in [-0.3, -0.25) is 4.79 Å². The van der Waals surface area contributed by atoms with Crippen LogP contribution in [0.15, 0.2) is 12.1 Å². The van der Waals surface area contributed by atoms with Crippen LogP contribution in [0.4, 0.5) is 0 Å². The molecule has 0 radical (unpaired) electrons. The SMILES string of the molecule is CCCCCCCCCCCCCCCCCc1cc(O)c2c(c1)OC(C)(C)CC2=O. The van der Waals surface area contributed by atoms with E-state index in [-0.39, 0.29) is 11.5 Å². The van der Waals surface area contributed by atoms with E-state index in [1.807, 2.05) is 19.9 Å². The van der Waals surface area contributed by atoms with Gasteiger partial charge in [0.1, 0.15) is 22.7 Å². The minimum absolute atomic E-state index is 0.0257. The summed E-state index contributed by atoms with van der Waals surface area (Å²) in [6.07, 6.45) is 21.7. The molecule has 0 saturated carbocycles. The van der Waals surface area contributed by atoms with E-state index in [2.05, 4.69) is 6.92 Å². The summed E-state index contributed by atoms with van der Waals surface area (Å²) in [5, 5.41) is 10.3. The first kappa shape index (κ1) is 25.7. The van der Waals surface area contributed by atoms with Crippen molar-refractivity contribution in [2.45, 2.75) is 136 Å². The molecule has 0 amide bonds. The third-order valence-electron chi connectivity index (χ3n) is 6.46. The van der Waals surface area contributed by atoms with E-state index < -0.39 is 5.60 Å². The second-order valence-corrected chi connectivity index (χ2v) is 10.1. The number of fused-ring (bicyclic) bond motifs is 1. The van der Waals surface area contributed by atoms with E-state index in [0.717, 1.165) is 18.4 Å². The first-order chi connectivity index (χ1) is 14.9. The summed E-state index contributed by atoms with van der Waals surface area (Å²) in [5.74, 6) is 0.605. The number of hydrogen-bond acceptors (Lipinski definition) is 3. The second kappa shape index (κ2) is 13.8. The first-order valence-electron chi connectivity index (χ1n) is 13.0. The summed E-state index contributed by atoms with van der Waals surface area (Å²) in [7, 11) is 0. The van der Waals surface area contributed by atoms with Crippen molar-refractivity contribution >= 4 is 5.78 Å². The van der Waals surface area contributed by atoms with Crippen molar-refractivity contribution in [2.75, 3.05) is 0 Å². The fourth-order valence-electron chi connectivity index (χ4n) is 4.67. The number of benzene rings is 1. The summed E-state index contributed by atoms with van der Waals surface area (Å²) < 4.78 is 5.96. The maximum Gasteiger partial charge on any atom is 0.174 e. The van der Waals surface area contributed by atoms with E-state index in [4.69, 9.17) is 4.74 Å². The van der Waals surface area contributed by atoms with Gasteiger partial charge in [-0.2, -0.15) is 0 Å². The predicted molar refractivity (Wildman–Crippen MR) is 130 cm³/mol. The van der Waals surface area contributed by atoms with E-state index >= 15 is 0 Å². The Morgan fingerprint density at radius 2 is 1.29 bits per heavy atom. The van der Waals surface area contributed by atoms with Gasteiger partial charge >= 0.3 is 0 Å². The summed E-state index contributed by atoms with van der Waals surface area (Å²) in [6, 6.07) is 3.71. The number of carbonyl (C=O) groups excluding carboxylic acids is 1. The highest BCUT2D eigenvalue weighted by Crippen LogP contribution is 2.39. The van der Waals surface area contributed by atoms with Crippen molar-refractivity contribution in [1.29, 1.82) is 0 Å². The summed E-state index contributed by atoms with van der Waals surface area (Å²) in [4.78, 5) is 12.3. The van der Waals surface area contributed by atoms with Crippen LogP contribution in [0.1, 0.15) is 139 Å². The lowest BCUT2D eigenvalue weighted by molar-refractivity contribution is 0.0614. The number of rotatable bonds is 16. The van der Waals surface area contributed by atoms with Crippen LogP contribution in [0, 0.1) is 0 Å². The normalized spacial score (nSPS) is 15.0. The standard InChI is InChI=1S/C28H46O3/c1-4-5-6-7-8-9-10-11-12-13-14-15-16-17-18-19-23-20-24(29)27-25(30)22-28(2,3)31-26(27)21-23/h20-21,29H,4-19,22H2,1-3H3. The van der Waals surface area contributed by atoms with Crippen LogP contribution in [0.5, 0.6) is 11.5 Å². The Hall–Kier alpha value is -1.51. The summed E-state index contributed by atoms with van der Waals surface area (Å²) in [6.45, 7) is 6.12. The lowest BCUT2D eigenvalue weighted by Gasteiger charge is -2.32. The molecular weight excluding hydrogens is 384 g/mol. The molecule has 0 fully saturated rings. The number of phenolic OH excluding ortho intramolecular Hbond substituents is 1. The molecule has 0 unspecified atom stereocenters. The quantitative estimate of drug-likeness (QED) is 0.267. The largest absolute Gasteiger partial charge is 0.507 e. The van der Waals surface area contributed by atoms with Crippen LogP contribution in [0.3, 0.4) is 0 Å². The molecule has 2 rings (SSSR count). The van der Waals surface area contributed by atoms with Crippen LogP contribution in [-0.2, 0) is 6.42 Å². The molecule has 0 aliphatic carbocycles. The maximum atomic E-state index is 12.3. The molecule has 1 N–H and O–H groups in total. The molecule has 1 aromatic rings. The van der Waals surface area contributed by atoms with Crippen LogP contribution in [-0.4, -0.2) is 16.5 Å². The zero-order valence-corrected chi connectivity index (χ0v) is 20.4. The van der Waals surface area contributed by atoms with Crippen LogP contribution >= 0.6 is 0 Å². The molecule has 3 heteroatoms. The molecule has 1 aliphatic heterocycles. The minimum atomic E-state index is -0.496. The lowest BCUT2D eigenvalue weighted by Crippen LogP contribution is -2.36. The van der Waals surface area contributed by atoms with Crippen molar-refractivity contribution in [3.8, 4) is 11.5 Å². The molecule has 0 atom stereocenters. The Labute approximate surface area is 191 Å². The zero-order chi connectivity index (χ0) is 22.5. The van der Waals surface area contributed by atoms with Crippen molar-refractivity contribution in [3.05, 3.63) is 23.3 Å². The maximum absolute atomic E-state index is 12.3. The molecule has 0 spiro atoms. The minimum Gasteiger partial charge on any atom is -0.507 e. The molecular formula is C28H46O3. The van der Waals surface area contributed by atoms with Crippen LogP contribution in [0.25, 0.3) is 0 Å². The van der Waals surface area contributed by atoms with E-state index in [0.29, 0.717) is 17.7 Å². The van der Waals surface area contributed by atoms with Gasteiger partial charge in [0.15, 0.2) is 5.78 Å². The molecule has 176 valence electrons. The number of ether oxygens (including phenoxy) is 1. The number of unbranched alkanes of at least 4 members (excludes halogenated alkanes) is 14. The average Bonchev–Trinajstić information content (AvgIpc) is 2.69. The number of hydrogen-bond donors (Lipinski definition) is 1. The molecule has 0 saturated heterocycles. The molecule has 1 aromatic carbocycles. The van der Waals surface area contributed by atoms with E-state index in [1.165, 1.54) is 89.9 Å². The average molecular weight is 431 g/mol. The lowest BCUT2D eigenvalue weighted by atomic mass is 9.91. The van der Waals surface area contributed by atoms with Crippen LogP contribution < -0.4 is 4.74 Å². The van der Waals surface area contributed by atoms with Crippen LogP contribution in [0.2, 0.25) is 0 Å². The Balaban J connectivity index is 1.51. The number of aryl methyl sites for hydroxylation is 1. The number of phenols is 1. The summed E-state index contributed by atoms with van der Waals surface area (Å²) in [5.41, 5.74) is 0.931. The van der Waals surface area contributed by atoms with Crippen molar-refractivity contribution < 1.29 is 14.6 Å². The predicted octanol–water partition coefficient (Wildman–Crippen LogP) is 8.55.